The second-order valence-electron chi connectivity index (χ2n) is 5.56. The summed E-state index contributed by atoms with van der Waals surface area (Å²) >= 11 is 5.91. The molecule has 1 unspecified atom stereocenters. The maximum atomic E-state index is 5.91. The van der Waals surface area contributed by atoms with Gasteiger partial charge >= 0.3 is 0 Å². The minimum Gasteiger partial charge on any atom is -0.303 e. The minimum atomic E-state index is 0.844. The van der Waals surface area contributed by atoms with E-state index in [1.165, 1.54) is 50.9 Å². The van der Waals surface area contributed by atoms with Gasteiger partial charge in [-0.1, -0.05) is 23.7 Å². The van der Waals surface area contributed by atoms with Gasteiger partial charge in [-0.25, -0.2) is 0 Å². The van der Waals surface area contributed by atoms with Gasteiger partial charge in [-0.3, -0.25) is 0 Å². The van der Waals surface area contributed by atoms with Crippen LogP contribution < -0.4 is 0 Å². The molecule has 3 aliphatic rings. The summed E-state index contributed by atoms with van der Waals surface area (Å²) in [5, 5.41) is 0.844. The molecule has 1 aromatic rings. The monoisotopic (exact) mass is 249 g/mol. The van der Waals surface area contributed by atoms with Crippen molar-refractivity contribution >= 4 is 11.6 Å². The van der Waals surface area contributed by atoms with E-state index < -0.39 is 0 Å². The van der Waals surface area contributed by atoms with Gasteiger partial charge in [0.15, 0.2) is 0 Å². The van der Waals surface area contributed by atoms with E-state index >= 15 is 0 Å². The molecule has 2 bridgehead atoms. The summed E-state index contributed by atoms with van der Waals surface area (Å²) in [7, 11) is 0. The fourth-order valence-electron chi connectivity index (χ4n) is 3.42. The maximum absolute atomic E-state index is 5.91. The highest BCUT2D eigenvalue weighted by molar-refractivity contribution is 6.30. The molecular weight excluding hydrogens is 230 g/mol. The summed E-state index contributed by atoms with van der Waals surface area (Å²) in [6.45, 7) is 4.04. The lowest BCUT2D eigenvalue weighted by molar-refractivity contribution is 0.0469. The smallest absolute Gasteiger partial charge is 0.0406 e. The Bertz CT molecular complexity index is 365. The zero-order chi connectivity index (χ0) is 11.7. The normalized spacial score (nSPS) is 31.7. The fraction of sp³-hybridized carbons (Fsp3) is 0.600. The van der Waals surface area contributed by atoms with Gasteiger partial charge in [-0.2, -0.15) is 0 Å². The molecule has 4 rings (SSSR count). The van der Waals surface area contributed by atoms with Gasteiger partial charge in [0.05, 0.1) is 0 Å². The minimum absolute atomic E-state index is 0.844. The Morgan fingerprint density at radius 2 is 1.82 bits per heavy atom. The van der Waals surface area contributed by atoms with Crippen LogP contribution >= 0.6 is 11.6 Å². The standard InChI is InChI=1S/C15H20ClN/c16-15-5-2-12(3-6-15)1-4-14-11-17-9-7-13(14)8-10-17/h2-3,5-6,13-14H,1,4,7-11H2. The van der Waals surface area contributed by atoms with E-state index in [1.807, 2.05) is 12.1 Å². The number of rotatable bonds is 3. The molecule has 0 spiro atoms. The Morgan fingerprint density at radius 1 is 1.12 bits per heavy atom. The van der Waals surface area contributed by atoms with Gasteiger partial charge in [-0.05, 0) is 68.3 Å². The molecular formula is C15H20ClN. The van der Waals surface area contributed by atoms with Crippen molar-refractivity contribution in [2.24, 2.45) is 11.8 Å². The van der Waals surface area contributed by atoms with Gasteiger partial charge in [0.1, 0.15) is 0 Å². The number of hydrogen-bond donors (Lipinski definition) is 0. The van der Waals surface area contributed by atoms with Gasteiger partial charge in [0, 0.05) is 11.6 Å². The van der Waals surface area contributed by atoms with Crippen molar-refractivity contribution in [3.05, 3.63) is 34.9 Å². The third-order valence-corrected chi connectivity index (χ3v) is 4.76. The number of hydrogen-bond acceptors (Lipinski definition) is 1. The summed E-state index contributed by atoms with van der Waals surface area (Å²) in [5.41, 5.74) is 1.44. The molecule has 0 saturated carbocycles. The predicted molar refractivity (Wildman–Crippen MR) is 72.4 cm³/mol. The van der Waals surface area contributed by atoms with Gasteiger partial charge in [0.25, 0.3) is 0 Å². The molecule has 0 amide bonds. The summed E-state index contributed by atoms with van der Waals surface area (Å²) in [6.07, 6.45) is 5.44. The SMILES string of the molecule is Clc1ccc(CCC2CN3CCC2CC3)cc1. The van der Waals surface area contributed by atoms with Crippen LogP contribution in [-0.4, -0.2) is 24.5 Å². The van der Waals surface area contributed by atoms with Crippen LogP contribution in [0.5, 0.6) is 0 Å². The molecule has 3 fully saturated rings. The first-order valence-electron chi connectivity index (χ1n) is 6.78. The maximum Gasteiger partial charge on any atom is 0.0406 e. The highest BCUT2D eigenvalue weighted by Crippen LogP contribution is 2.34. The van der Waals surface area contributed by atoms with Crippen LogP contribution in [0.3, 0.4) is 0 Å². The van der Waals surface area contributed by atoms with Crippen molar-refractivity contribution in [1.82, 2.24) is 4.90 Å². The van der Waals surface area contributed by atoms with E-state index in [0.29, 0.717) is 0 Å². The van der Waals surface area contributed by atoms with Crippen molar-refractivity contribution in [3.63, 3.8) is 0 Å². The molecule has 17 heavy (non-hydrogen) atoms. The van der Waals surface area contributed by atoms with E-state index in [-0.39, 0.29) is 0 Å². The molecule has 0 aliphatic carbocycles. The number of aryl methyl sites for hydroxylation is 1. The Hall–Kier alpha value is -0.530. The first-order chi connectivity index (χ1) is 8.31. The molecule has 3 heterocycles. The van der Waals surface area contributed by atoms with Gasteiger partial charge < -0.3 is 4.90 Å². The zero-order valence-electron chi connectivity index (χ0n) is 10.2. The van der Waals surface area contributed by atoms with Crippen molar-refractivity contribution in [1.29, 1.82) is 0 Å². The summed E-state index contributed by atoms with van der Waals surface area (Å²) < 4.78 is 0. The van der Waals surface area contributed by atoms with Crippen LogP contribution in [0, 0.1) is 11.8 Å². The van der Waals surface area contributed by atoms with E-state index in [9.17, 15) is 0 Å². The van der Waals surface area contributed by atoms with Crippen LogP contribution in [0.4, 0.5) is 0 Å². The number of halogens is 1. The summed E-state index contributed by atoms with van der Waals surface area (Å²) in [5.74, 6) is 1.94. The fourth-order valence-corrected chi connectivity index (χ4v) is 3.54. The molecule has 3 aliphatic heterocycles. The van der Waals surface area contributed by atoms with Crippen molar-refractivity contribution in [2.45, 2.75) is 25.7 Å². The Balaban J connectivity index is 1.56. The van der Waals surface area contributed by atoms with Crippen LogP contribution in [0.15, 0.2) is 24.3 Å². The lowest BCUT2D eigenvalue weighted by Crippen LogP contribution is -2.47. The van der Waals surface area contributed by atoms with Crippen molar-refractivity contribution in [2.75, 3.05) is 19.6 Å². The van der Waals surface area contributed by atoms with Crippen molar-refractivity contribution < 1.29 is 0 Å². The number of piperidine rings is 3. The Kier molecular flexibility index (Phi) is 3.39. The van der Waals surface area contributed by atoms with E-state index in [4.69, 9.17) is 11.6 Å². The first-order valence-corrected chi connectivity index (χ1v) is 7.16. The quantitative estimate of drug-likeness (QED) is 0.791. The highest BCUT2D eigenvalue weighted by Gasteiger charge is 2.33. The van der Waals surface area contributed by atoms with Crippen molar-refractivity contribution in [3.8, 4) is 0 Å². The average molecular weight is 250 g/mol. The molecule has 3 saturated heterocycles. The predicted octanol–water partition coefficient (Wildman–Crippen LogP) is 3.61. The molecule has 2 heteroatoms. The third kappa shape index (κ3) is 2.66. The molecule has 1 aromatic carbocycles. The second-order valence-corrected chi connectivity index (χ2v) is 6.00. The van der Waals surface area contributed by atoms with Crippen LogP contribution in [0.25, 0.3) is 0 Å². The lowest BCUT2D eigenvalue weighted by atomic mass is 9.76. The molecule has 0 N–H and O–H groups in total. The number of nitrogens with zero attached hydrogens (tertiary/aromatic N) is 1. The van der Waals surface area contributed by atoms with E-state index in [2.05, 4.69) is 17.0 Å². The summed E-state index contributed by atoms with van der Waals surface area (Å²) in [6, 6.07) is 8.36. The average Bonchev–Trinajstić information content (AvgIpc) is 2.39. The molecule has 1 nitrogen and oxygen atoms in total. The highest BCUT2D eigenvalue weighted by atomic mass is 35.5. The number of fused-ring (bicyclic) bond motifs is 3. The largest absolute Gasteiger partial charge is 0.303 e. The third-order valence-electron chi connectivity index (χ3n) is 4.51. The van der Waals surface area contributed by atoms with Crippen LogP contribution in [-0.2, 0) is 6.42 Å². The topological polar surface area (TPSA) is 3.24 Å². The number of benzene rings is 1. The summed E-state index contributed by atoms with van der Waals surface area (Å²) in [4.78, 5) is 2.65. The zero-order valence-corrected chi connectivity index (χ0v) is 11.0. The van der Waals surface area contributed by atoms with Crippen LogP contribution in [0.2, 0.25) is 5.02 Å². The molecule has 92 valence electrons. The molecule has 0 aromatic heterocycles. The Morgan fingerprint density at radius 3 is 2.41 bits per heavy atom. The molecule has 0 radical (unpaired) electrons. The molecule has 1 atom stereocenters. The second kappa shape index (κ2) is 4.99. The Labute approximate surface area is 109 Å². The van der Waals surface area contributed by atoms with Gasteiger partial charge in [-0.15, -0.1) is 0 Å². The van der Waals surface area contributed by atoms with Crippen LogP contribution in [0.1, 0.15) is 24.8 Å². The first kappa shape index (κ1) is 11.6. The van der Waals surface area contributed by atoms with E-state index in [1.54, 1.807) is 0 Å². The van der Waals surface area contributed by atoms with E-state index in [0.717, 1.165) is 16.9 Å². The van der Waals surface area contributed by atoms with Gasteiger partial charge in [0.2, 0.25) is 0 Å². The lowest BCUT2D eigenvalue weighted by Gasteiger charge is -2.45.